The van der Waals surface area contributed by atoms with Crippen molar-refractivity contribution in [3.63, 3.8) is 0 Å². The predicted octanol–water partition coefficient (Wildman–Crippen LogP) is 10.7. The van der Waals surface area contributed by atoms with Crippen LogP contribution in [0.3, 0.4) is 0 Å². The minimum Gasteiger partial charge on any atom is -0.308 e. The highest BCUT2D eigenvalue weighted by atomic mass is 32.1. The van der Waals surface area contributed by atoms with Gasteiger partial charge in [-0.25, -0.2) is 9.97 Å². The van der Waals surface area contributed by atoms with Gasteiger partial charge in [0.1, 0.15) is 11.2 Å². The average molecular weight is 593 g/mol. The molecule has 0 radical (unpaired) electrons. The van der Waals surface area contributed by atoms with Gasteiger partial charge in [-0.2, -0.15) is 0 Å². The molecule has 45 heavy (non-hydrogen) atoms. The second kappa shape index (κ2) is 9.36. The molecule has 6 aromatic carbocycles. The van der Waals surface area contributed by atoms with Crippen molar-refractivity contribution in [3.8, 4) is 22.5 Å². The summed E-state index contributed by atoms with van der Waals surface area (Å²) in [5.41, 5.74) is 9.46. The Morgan fingerprint density at radius 1 is 0.467 bits per heavy atom. The van der Waals surface area contributed by atoms with Crippen LogP contribution in [0.15, 0.2) is 146 Å². The smallest absolute Gasteiger partial charge is 0.127 e. The molecule has 10 aromatic rings. The summed E-state index contributed by atoms with van der Waals surface area (Å²) in [6, 6.07) is 47.9. The maximum absolute atomic E-state index is 4.77. The van der Waals surface area contributed by atoms with E-state index >= 15 is 0 Å². The minimum absolute atomic E-state index is 1.00. The summed E-state index contributed by atoms with van der Waals surface area (Å²) in [5, 5.41) is 7.27. The highest BCUT2D eigenvalue weighted by Gasteiger charge is 2.26. The van der Waals surface area contributed by atoms with Gasteiger partial charge in [0.25, 0.3) is 0 Å². The molecule has 4 nitrogen and oxygen atoms in total. The Bertz CT molecular complexity index is 2730. The molecule has 0 unspecified atom stereocenters. The van der Waals surface area contributed by atoms with E-state index in [1.165, 1.54) is 64.8 Å². The molecule has 5 heteroatoms. The third-order valence-corrected chi connectivity index (χ3v) is 10.2. The fraction of sp³-hybridized carbons (Fsp3) is 0. The van der Waals surface area contributed by atoms with Crippen molar-refractivity contribution in [2.24, 2.45) is 0 Å². The standard InChI is InChI=1S/C40H24N4S/c1-3-11-25(12-4-1)26-19-21-28(22-20-26)44-32-17-9-7-15-29(32)34-37-35(39-36(38(34)44)31-23-41-24-42-40(31)45-39)30-16-8-10-18-33(30)43(37)27-13-5-2-6-14-27/h1-24H. The molecule has 0 N–H and O–H groups in total. The van der Waals surface area contributed by atoms with Crippen LogP contribution in [0.5, 0.6) is 0 Å². The van der Waals surface area contributed by atoms with Gasteiger partial charge in [-0.3, -0.25) is 0 Å². The van der Waals surface area contributed by atoms with Crippen LogP contribution < -0.4 is 0 Å². The Kier molecular flexibility index (Phi) is 5.12. The van der Waals surface area contributed by atoms with Crippen LogP contribution in [0, 0.1) is 0 Å². The normalized spacial score (nSPS) is 12.0. The molecule has 0 aliphatic heterocycles. The highest BCUT2D eigenvalue weighted by Crippen LogP contribution is 2.50. The summed E-state index contributed by atoms with van der Waals surface area (Å²) >= 11 is 1.77. The lowest BCUT2D eigenvalue weighted by Crippen LogP contribution is -1.96. The SMILES string of the molecule is c1ccc(-c2ccc(-n3c4ccccc4c4c5c(c6ccccc6n5-c5ccccc5)c5sc6ncncc6c5c43)cc2)cc1. The average Bonchev–Trinajstić information content (AvgIpc) is 3.77. The van der Waals surface area contributed by atoms with E-state index in [1.807, 2.05) is 6.20 Å². The topological polar surface area (TPSA) is 35.6 Å². The fourth-order valence-corrected chi connectivity index (χ4v) is 8.40. The largest absolute Gasteiger partial charge is 0.308 e. The first-order valence-electron chi connectivity index (χ1n) is 15.1. The molecule has 0 aliphatic carbocycles. The van der Waals surface area contributed by atoms with Crippen LogP contribution in [-0.2, 0) is 0 Å². The molecule has 4 aromatic heterocycles. The lowest BCUT2D eigenvalue weighted by Gasteiger charge is -2.12. The number of nitrogens with zero attached hydrogens (tertiary/aromatic N) is 4. The van der Waals surface area contributed by atoms with E-state index in [4.69, 9.17) is 4.98 Å². The van der Waals surface area contributed by atoms with Crippen molar-refractivity contribution in [1.82, 2.24) is 19.1 Å². The van der Waals surface area contributed by atoms with Crippen molar-refractivity contribution in [2.75, 3.05) is 0 Å². The molecule has 0 amide bonds. The van der Waals surface area contributed by atoms with Crippen LogP contribution in [0.4, 0.5) is 0 Å². The first-order valence-corrected chi connectivity index (χ1v) is 15.9. The Hall–Kier alpha value is -5.78. The maximum Gasteiger partial charge on any atom is 0.127 e. The fourth-order valence-electron chi connectivity index (χ4n) is 7.22. The zero-order valence-corrected chi connectivity index (χ0v) is 24.9. The van der Waals surface area contributed by atoms with Gasteiger partial charge in [-0.15, -0.1) is 11.3 Å². The number of fused-ring (bicyclic) bond motifs is 12. The Labute approximate surface area is 262 Å². The number of benzene rings is 6. The van der Waals surface area contributed by atoms with Gasteiger partial charge in [0.2, 0.25) is 0 Å². The van der Waals surface area contributed by atoms with Gasteiger partial charge in [0.05, 0.1) is 22.1 Å². The Morgan fingerprint density at radius 2 is 1.00 bits per heavy atom. The van der Waals surface area contributed by atoms with E-state index < -0.39 is 0 Å². The molecule has 0 saturated carbocycles. The van der Waals surface area contributed by atoms with E-state index in [0.717, 1.165) is 21.6 Å². The molecule has 4 heterocycles. The van der Waals surface area contributed by atoms with E-state index in [2.05, 4.69) is 148 Å². The van der Waals surface area contributed by atoms with Crippen molar-refractivity contribution in [2.45, 2.75) is 0 Å². The molecule has 0 fully saturated rings. The van der Waals surface area contributed by atoms with Crippen molar-refractivity contribution < 1.29 is 0 Å². The Morgan fingerprint density at radius 3 is 1.69 bits per heavy atom. The third kappa shape index (κ3) is 3.41. The van der Waals surface area contributed by atoms with Crippen LogP contribution in [0.25, 0.3) is 86.4 Å². The molecule has 10 rings (SSSR count). The predicted molar refractivity (Wildman–Crippen MR) is 189 cm³/mol. The number of rotatable bonds is 3. The molecule has 0 aliphatic rings. The number of aromatic nitrogens is 4. The van der Waals surface area contributed by atoms with Crippen LogP contribution in [0.1, 0.15) is 0 Å². The number of thiophene rings is 1. The number of hydrogen-bond donors (Lipinski definition) is 0. The summed E-state index contributed by atoms with van der Waals surface area (Å²) < 4.78 is 6.15. The van der Waals surface area contributed by atoms with Crippen LogP contribution in [0.2, 0.25) is 0 Å². The highest BCUT2D eigenvalue weighted by molar-refractivity contribution is 7.26. The zero-order valence-electron chi connectivity index (χ0n) is 24.1. The van der Waals surface area contributed by atoms with Crippen molar-refractivity contribution in [1.29, 1.82) is 0 Å². The first-order chi connectivity index (χ1) is 22.4. The van der Waals surface area contributed by atoms with Gasteiger partial charge < -0.3 is 9.13 Å². The molecule has 0 bridgehead atoms. The van der Waals surface area contributed by atoms with Crippen molar-refractivity contribution >= 4 is 75.3 Å². The van der Waals surface area contributed by atoms with Gasteiger partial charge >= 0.3 is 0 Å². The third-order valence-electron chi connectivity index (χ3n) is 9.07. The van der Waals surface area contributed by atoms with E-state index in [1.54, 1.807) is 17.7 Å². The molecular weight excluding hydrogens is 569 g/mol. The molecule has 0 spiro atoms. The summed E-state index contributed by atoms with van der Waals surface area (Å²) in [7, 11) is 0. The maximum atomic E-state index is 4.77. The lowest BCUT2D eigenvalue weighted by molar-refractivity contribution is 1.18. The summed E-state index contributed by atoms with van der Waals surface area (Å²) in [6.45, 7) is 0. The van der Waals surface area contributed by atoms with Crippen molar-refractivity contribution in [3.05, 3.63) is 146 Å². The van der Waals surface area contributed by atoms with Gasteiger partial charge in [0.15, 0.2) is 0 Å². The van der Waals surface area contributed by atoms with Gasteiger partial charge in [0, 0.05) is 54.6 Å². The lowest BCUT2D eigenvalue weighted by atomic mass is 10.0. The number of hydrogen-bond acceptors (Lipinski definition) is 3. The quantitative estimate of drug-likeness (QED) is 0.205. The van der Waals surface area contributed by atoms with Gasteiger partial charge in [-0.1, -0.05) is 97.1 Å². The zero-order chi connectivity index (χ0) is 29.5. The first kappa shape index (κ1) is 24.6. The second-order valence-corrected chi connectivity index (χ2v) is 12.4. The second-order valence-electron chi connectivity index (χ2n) is 11.4. The van der Waals surface area contributed by atoms with E-state index in [9.17, 15) is 0 Å². The molecule has 0 atom stereocenters. The summed E-state index contributed by atoms with van der Waals surface area (Å²) in [4.78, 5) is 10.3. The number of para-hydroxylation sites is 3. The van der Waals surface area contributed by atoms with E-state index in [-0.39, 0.29) is 0 Å². The molecular formula is C40H24N4S. The Balaban J connectivity index is 1.46. The summed E-state index contributed by atoms with van der Waals surface area (Å²) in [5.74, 6) is 0. The summed E-state index contributed by atoms with van der Waals surface area (Å²) in [6.07, 6.45) is 3.65. The minimum atomic E-state index is 1.00. The van der Waals surface area contributed by atoms with Gasteiger partial charge in [-0.05, 0) is 47.5 Å². The molecule has 0 saturated heterocycles. The van der Waals surface area contributed by atoms with Crippen LogP contribution in [-0.4, -0.2) is 19.1 Å². The van der Waals surface area contributed by atoms with Crippen LogP contribution >= 0.6 is 11.3 Å². The molecule has 210 valence electrons. The monoisotopic (exact) mass is 592 g/mol. The van der Waals surface area contributed by atoms with E-state index in [0.29, 0.717) is 0 Å².